The number of nitrogens with zero attached hydrogens (tertiary/aromatic N) is 1. The Morgan fingerprint density at radius 2 is 2.27 bits per heavy atom. The summed E-state index contributed by atoms with van der Waals surface area (Å²) in [4.78, 5) is 4.13. The molecule has 2 aromatic rings. The van der Waals surface area contributed by atoms with Gasteiger partial charge in [-0.15, -0.1) is 0 Å². The highest BCUT2D eigenvalue weighted by atomic mass is 32.1. The molecule has 1 aromatic heterocycles. The molecule has 0 atom stereocenters. The van der Waals surface area contributed by atoms with Crippen LogP contribution in [0.15, 0.2) is 24.3 Å². The molecular formula is C10H11N3OS. The second kappa shape index (κ2) is 4.27. The van der Waals surface area contributed by atoms with Crippen LogP contribution in [-0.4, -0.2) is 21.8 Å². The number of hydrogen-bond donors (Lipinski definition) is 2. The summed E-state index contributed by atoms with van der Waals surface area (Å²) < 4.78 is 5.85. The molecule has 0 saturated carbocycles. The van der Waals surface area contributed by atoms with Gasteiger partial charge in [0.2, 0.25) is 4.77 Å². The van der Waals surface area contributed by atoms with E-state index in [4.69, 9.17) is 17.0 Å². The lowest BCUT2D eigenvalue weighted by Gasteiger charge is -2.03. The third kappa shape index (κ3) is 2.24. The zero-order valence-corrected chi connectivity index (χ0v) is 9.10. The van der Waals surface area contributed by atoms with E-state index in [1.165, 1.54) is 0 Å². The summed E-state index contributed by atoms with van der Waals surface area (Å²) in [5.74, 6) is 1.55. The minimum atomic E-state index is 0.451. The van der Waals surface area contributed by atoms with Gasteiger partial charge in [-0.2, -0.15) is 4.98 Å². The Morgan fingerprint density at radius 3 is 2.93 bits per heavy atom. The smallest absolute Gasteiger partial charge is 0.213 e. The molecule has 0 unspecified atom stereocenters. The molecule has 0 aliphatic heterocycles. The van der Waals surface area contributed by atoms with Crippen molar-refractivity contribution in [3.63, 3.8) is 0 Å². The van der Waals surface area contributed by atoms with Crippen molar-refractivity contribution in [3.8, 4) is 17.1 Å². The van der Waals surface area contributed by atoms with Gasteiger partial charge in [0.25, 0.3) is 0 Å². The molecule has 0 aliphatic rings. The molecule has 0 aliphatic carbocycles. The Bertz CT molecular complexity index is 503. The molecule has 0 bridgehead atoms. The van der Waals surface area contributed by atoms with Crippen LogP contribution in [0.5, 0.6) is 5.75 Å². The van der Waals surface area contributed by atoms with Gasteiger partial charge in [-0.3, -0.25) is 10.2 Å². The van der Waals surface area contributed by atoms with Crippen LogP contribution in [0.1, 0.15) is 6.92 Å². The first kappa shape index (κ1) is 9.92. The SMILES string of the molecule is CCOc1cccc(-c2nc(=S)[nH][nH]2)c1. The summed E-state index contributed by atoms with van der Waals surface area (Å²) in [5, 5.41) is 5.65. The van der Waals surface area contributed by atoms with Gasteiger partial charge in [0.15, 0.2) is 5.82 Å². The average molecular weight is 221 g/mol. The summed E-state index contributed by atoms with van der Waals surface area (Å²) in [6.07, 6.45) is 0. The largest absolute Gasteiger partial charge is 0.494 e. The predicted molar refractivity (Wildman–Crippen MR) is 60.4 cm³/mol. The topological polar surface area (TPSA) is 53.7 Å². The van der Waals surface area contributed by atoms with Crippen molar-refractivity contribution in [2.45, 2.75) is 6.92 Å². The molecule has 1 heterocycles. The van der Waals surface area contributed by atoms with E-state index in [1.807, 2.05) is 31.2 Å². The molecular weight excluding hydrogens is 210 g/mol. The standard InChI is InChI=1S/C10H11N3OS/c1-2-14-8-5-3-4-7(6-8)9-11-10(15)13-12-9/h3-6H,2H2,1H3,(H2,11,12,13,15). The number of hydrogen-bond acceptors (Lipinski definition) is 3. The quantitative estimate of drug-likeness (QED) is 0.783. The summed E-state index contributed by atoms with van der Waals surface area (Å²) in [7, 11) is 0. The normalized spacial score (nSPS) is 10.2. The molecule has 0 saturated heterocycles. The van der Waals surface area contributed by atoms with Crippen molar-refractivity contribution >= 4 is 12.2 Å². The molecule has 0 fully saturated rings. The maximum atomic E-state index is 5.40. The predicted octanol–water partition coefficient (Wildman–Crippen LogP) is 2.53. The van der Waals surface area contributed by atoms with E-state index in [1.54, 1.807) is 0 Å². The molecule has 2 rings (SSSR count). The molecule has 2 N–H and O–H groups in total. The van der Waals surface area contributed by atoms with Crippen LogP contribution in [0, 0.1) is 4.77 Å². The highest BCUT2D eigenvalue weighted by molar-refractivity contribution is 7.71. The van der Waals surface area contributed by atoms with Crippen molar-refractivity contribution in [1.82, 2.24) is 15.2 Å². The van der Waals surface area contributed by atoms with E-state index >= 15 is 0 Å². The second-order valence-electron chi connectivity index (χ2n) is 2.98. The van der Waals surface area contributed by atoms with Crippen LogP contribution in [0.25, 0.3) is 11.4 Å². The van der Waals surface area contributed by atoms with Crippen LogP contribution < -0.4 is 4.74 Å². The van der Waals surface area contributed by atoms with Crippen molar-refractivity contribution in [3.05, 3.63) is 29.0 Å². The third-order valence-corrected chi connectivity index (χ3v) is 2.11. The Balaban J connectivity index is 2.36. The Kier molecular flexibility index (Phi) is 2.82. The third-order valence-electron chi connectivity index (χ3n) is 1.92. The summed E-state index contributed by atoms with van der Waals surface area (Å²) in [6, 6.07) is 7.70. The highest BCUT2D eigenvalue weighted by Crippen LogP contribution is 2.20. The van der Waals surface area contributed by atoms with Gasteiger partial charge in [-0.1, -0.05) is 12.1 Å². The minimum Gasteiger partial charge on any atom is -0.494 e. The first-order valence-corrected chi connectivity index (χ1v) is 5.08. The van der Waals surface area contributed by atoms with Crippen LogP contribution in [0.3, 0.4) is 0 Å². The fourth-order valence-electron chi connectivity index (χ4n) is 1.31. The fourth-order valence-corrected chi connectivity index (χ4v) is 1.45. The van der Waals surface area contributed by atoms with Crippen LogP contribution in [-0.2, 0) is 0 Å². The lowest BCUT2D eigenvalue weighted by atomic mass is 10.2. The van der Waals surface area contributed by atoms with Crippen LogP contribution in [0.2, 0.25) is 0 Å². The number of rotatable bonds is 3. The molecule has 0 amide bonds. The molecule has 1 aromatic carbocycles. The average Bonchev–Trinajstić information content (AvgIpc) is 2.66. The Labute approximate surface area is 92.3 Å². The zero-order valence-electron chi connectivity index (χ0n) is 8.28. The number of ether oxygens (including phenoxy) is 1. The van der Waals surface area contributed by atoms with Crippen LogP contribution in [0.4, 0.5) is 0 Å². The van der Waals surface area contributed by atoms with Gasteiger partial charge in [0.1, 0.15) is 5.75 Å². The maximum absolute atomic E-state index is 5.40. The van der Waals surface area contributed by atoms with E-state index in [0.29, 0.717) is 11.4 Å². The van der Waals surface area contributed by atoms with Crippen molar-refractivity contribution in [1.29, 1.82) is 0 Å². The van der Waals surface area contributed by atoms with E-state index in [9.17, 15) is 0 Å². The lowest BCUT2D eigenvalue weighted by Crippen LogP contribution is -1.91. The lowest BCUT2D eigenvalue weighted by molar-refractivity contribution is 0.340. The molecule has 15 heavy (non-hydrogen) atoms. The summed E-state index contributed by atoms with van der Waals surface area (Å²) >= 11 is 4.89. The summed E-state index contributed by atoms with van der Waals surface area (Å²) in [5.41, 5.74) is 0.952. The van der Waals surface area contributed by atoms with Crippen molar-refractivity contribution < 1.29 is 4.74 Å². The monoisotopic (exact) mass is 221 g/mol. The van der Waals surface area contributed by atoms with E-state index in [-0.39, 0.29) is 0 Å². The Morgan fingerprint density at radius 1 is 1.40 bits per heavy atom. The minimum absolute atomic E-state index is 0.451. The van der Waals surface area contributed by atoms with Crippen molar-refractivity contribution in [2.24, 2.45) is 0 Å². The molecule has 5 heteroatoms. The molecule has 0 spiro atoms. The number of H-pyrrole nitrogens is 2. The second-order valence-corrected chi connectivity index (χ2v) is 3.36. The van der Waals surface area contributed by atoms with Gasteiger partial charge in [-0.05, 0) is 31.3 Å². The number of aromatic nitrogens is 3. The zero-order chi connectivity index (χ0) is 10.7. The summed E-state index contributed by atoms with van der Waals surface area (Å²) in [6.45, 7) is 2.61. The first-order chi connectivity index (χ1) is 7.29. The van der Waals surface area contributed by atoms with Gasteiger partial charge in [-0.25, -0.2) is 0 Å². The number of aromatic amines is 2. The maximum Gasteiger partial charge on any atom is 0.213 e. The molecule has 78 valence electrons. The van der Waals surface area contributed by atoms with Gasteiger partial charge < -0.3 is 4.74 Å². The first-order valence-electron chi connectivity index (χ1n) is 4.67. The fraction of sp³-hybridized carbons (Fsp3) is 0.200. The van der Waals surface area contributed by atoms with Gasteiger partial charge in [0.05, 0.1) is 6.61 Å². The van der Waals surface area contributed by atoms with Crippen LogP contribution >= 0.6 is 12.2 Å². The van der Waals surface area contributed by atoms with Gasteiger partial charge >= 0.3 is 0 Å². The van der Waals surface area contributed by atoms with Crippen molar-refractivity contribution in [2.75, 3.05) is 6.61 Å². The van der Waals surface area contributed by atoms with E-state index in [0.717, 1.165) is 17.1 Å². The van der Waals surface area contributed by atoms with E-state index < -0.39 is 0 Å². The molecule has 0 radical (unpaired) electrons. The van der Waals surface area contributed by atoms with E-state index in [2.05, 4.69) is 15.2 Å². The Hall–Kier alpha value is -1.62. The molecule has 4 nitrogen and oxygen atoms in total. The number of nitrogens with one attached hydrogen (secondary N) is 2. The number of benzene rings is 1. The highest BCUT2D eigenvalue weighted by Gasteiger charge is 2.02. The van der Waals surface area contributed by atoms with Gasteiger partial charge in [0, 0.05) is 5.56 Å².